The number of nitro groups is 1. The Balaban J connectivity index is 1.64. The molecule has 1 aromatic heterocycles. The van der Waals surface area contributed by atoms with Gasteiger partial charge in [0.2, 0.25) is 5.13 Å². The number of nitrogens with one attached hydrogen (secondary N) is 2. The minimum atomic E-state index is -0.483. The van der Waals surface area contributed by atoms with Crippen molar-refractivity contribution in [3.63, 3.8) is 0 Å². The van der Waals surface area contributed by atoms with E-state index in [-0.39, 0.29) is 5.69 Å². The molecule has 0 saturated heterocycles. The molecule has 0 bridgehead atoms. The van der Waals surface area contributed by atoms with Gasteiger partial charge in [0.25, 0.3) is 11.6 Å². The van der Waals surface area contributed by atoms with Crippen molar-refractivity contribution in [2.45, 2.75) is 0 Å². The fraction of sp³-hybridized carbons (Fsp3) is 0.0588. The summed E-state index contributed by atoms with van der Waals surface area (Å²) in [5.41, 5.74) is 6.48. The van der Waals surface area contributed by atoms with E-state index in [9.17, 15) is 14.9 Å². The van der Waals surface area contributed by atoms with Gasteiger partial charge in [-0.15, -0.1) is 0 Å². The Morgan fingerprint density at radius 3 is 2.70 bits per heavy atom. The molecule has 0 atom stereocenters. The minimum Gasteiger partial charge on any atom is -0.494 e. The third-order valence-corrected chi connectivity index (χ3v) is 4.93. The lowest BCUT2D eigenvalue weighted by Gasteiger charge is -2.01. The number of hydrazine groups is 1. The Morgan fingerprint density at radius 2 is 2.04 bits per heavy atom. The summed E-state index contributed by atoms with van der Waals surface area (Å²) in [6.45, 7) is 0. The second-order valence-electron chi connectivity index (χ2n) is 5.24. The molecule has 0 aliphatic heterocycles. The summed E-state index contributed by atoms with van der Waals surface area (Å²) in [5.74, 6) is 0.175. The number of hydrogen-bond donors (Lipinski definition) is 2. The van der Waals surface area contributed by atoms with E-state index < -0.39 is 10.8 Å². The lowest BCUT2D eigenvalue weighted by Crippen LogP contribution is -2.27. The van der Waals surface area contributed by atoms with Crippen molar-refractivity contribution < 1.29 is 14.5 Å². The van der Waals surface area contributed by atoms with Crippen molar-refractivity contribution in [2.75, 3.05) is 12.5 Å². The van der Waals surface area contributed by atoms with Gasteiger partial charge in [0.05, 0.1) is 21.8 Å². The van der Waals surface area contributed by atoms with E-state index in [1.165, 1.54) is 29.5 Å². The Morgan fingerprint density at radius 1 is 1.30 bits per heavy atom. The van der Waals surface area contributed by atoms with Gasteiger partial charge >= 0.3 is 0 Å². The highest BCUT2D eigenvalue weighted by Crippen LogP contribution is 2.36. The number of aromatic nitrogens is 1. The lowest BCUT2D eigenvalue weighted by molar-refractivity contribution is -0.384. The van der Waals surface area contributed by atoms with Crippen molar-refractivity contribution >= 4 is 56.0 Å². The summed E-state index contributed by atoms with van der Waals surface area (Å²) in [6, 6.07) is 9.28. The molecule has 1 amide bonds. The first kappa shape index (κ1) is 18.6. The van der Waals surface area contributed by atoms with Gasteiger partial charge in [-0.1, -0.05) is 22.9 Å². The number of ether oxygens (including phenoxy) is 1. The number of carbonyl (C=O) groups is 1. The minimum absolute atomic E-state index is 0.0109. The van der Waals surface area contributed by atoms with Crippen LogP contribution in [-0.2, 0) is 4.79 Å². The fourth-order valence-electron chi connectivity index (χ4n) is 2.21. The van der Waals surface area contributed by atoms with Gasteiger partial charge in [0, 0.05) is 18.2 Å². The number of non-ortho nitro benzene ring substituents is 1. The lowest BCUT2D eigenvalue weighted by atomic mass is 10.2. The molecule has 8 nitrogen and oxygen atoms in total. The number of thiazole rings is 1. The Hall–Kier alpha value is -3.17. The number of rotatable bonds is 6. The maximum atomic E-state index is 11.9. The number of methoxy groups -OCH3 is 1. The van der Waals surface area contributed by atoms with Gasteiger partial charge in [-0.25, -0.2) is 4.98 Å². The third kappa shape index (κ3) is 4.33. The predicted octanol–water partition coefficient (Wildman–Crippen LogP) is 4.02. The second kappa shape index (κ2) is 8.02. The molecule has 0 fully saturated rings. The van der Waals surface area contributed by atoms with E-state index in [0.717, 1.165) is 4.70 Å². The predicted molar refractivity (Wildman–Crippen MR) is 105 cm³/mol. The number of hydrogen-bond acceptors (Lipinski definition) is 7. The number of benzene rings is 2. The van der Waals surface area contributed by atoms with Crippen LogP contribution in [0.1, 0.15) is 5.56 Å². The van der Waals surface area contributed by atoms with Crippen LogP contribution in [0.15, 0.2) is 42.5 Å². The Bertz CT molecular complexity index is 1030. The summed E-state index contributed by atoms with van der Waals surface area (Å²) in [5, 5.41) is 11.6. The van der Waals surface area contributed by atoms with Gasteiger partial charge in [0.1, 0.15) is 11.3 Å². The summed E-state index contributed by atoms with van der Waals surface area (Å²) >= 11 is 7.43. The van der Waals surface area contributed by atoms with Crippen molar-refractivity contribution in [2.24, 2.45) is 0 Å². The first-order valence-electron chi connectivity index (χ1n) is 7.59. The monoisotopic (exact) mass is 404 g/mol. The van der Waals surface area contributed by atoms with Crippen LogP contribution in [0.5, 0.6) is 5.75 Å². The summed E-state index contributed by atoms with van der Waals surface area (Å²) in [6.07, 6.45) is 2.84. The van der Waals surface area contributed by atoms with Gasteiger partial charge in [0.15, 0.2) is 0 Å². The van der Waals surface area contributed by atoms with E-state index in [0.29, 0.717) is 27.0 Å². The molecule has 138 valence electrons. The van der Waals surface area contributed by atoms with Crippen LogP contribution in [0, 0.1) is 10.1 Å². The molecular weight excluding hydrogens is 392 g/mol. The normalized spacial score (nSPS) is 10.9. The highest BCUT2D eigenvalue weighted by Gasteiger charge is 2.12. The van der Waals surface area contributed by atoms with Crippen LogP contribution in [0.3, 0.4) is 0 Å². The maximum Gasteiger partial charge on any atom is 0.269 e. The maximum absolute atomic E-state index is 11.9. The first-order valence-corrected chi connectivity index (χ1v) is 8.79. The molecule has 2 aromatic carbocycles. The number of amides is 1. The quantitative estimate of drug-likeness (QED) is 0.365. The van der Waals surface area contributed by atoms with E-state index in [2.05, 4.69) is 15.8 Å². The van der Waals surface area contributed by atoms with E-state index >= 15 is 0 Å². The first-order chi connectivity index (χ1) is 13.0. The average Bonchev–Trinajstić information content (AvgIpc) is 3.10. The number of nitrogens with zero attached hydrogens (tertiary/aromatic N) is 2. The number of nitro benzene ring substituents is 1. The zero-order valence-corrected chi connectivity index (χ0v) is 15.5. The standard InChI is InChI=1S/C17H13ClN4O4S/c1-26-13-8-7-12(18)16-15(13)19-17(27-16)21-20-14(23)9-4-10-2-5-11(6-3-10)22(24)25/h2-9H,1H3,(H,19,21)(H,20,23)/b9-4+. The Kier molecular flexibility index (Phi) is 5.53. The van der Waals surface area contributed by atoms with Gasteiger partial charge in [-0.3, -0.25) is 25.8 Å². The number of anilines is 1. The van der Waals surface area contributed by atoms with Gasteiger partial charge in [-0.05, 0) is 35.9 Å². The molecule has 0 unspecified atom stereocenters. The Labute approximate surface area is 162 Å². The van der Waals surface area contributed by atoms with Gasteiger partial charge in [-0.2, -0.15) is 0 Å². The number of fused-ring (bicyclic) bond motifs is 1. The molecule has 0 radical (unpaired) electrons. The van der Waals surface area contributed by atoms with Crippen LogP contribution in [0.2, 0.25) is 5.02 Å². The topological polar surface area (TPSA) is 106 Å². The molecule has 2 N–H and O–H groups in total. The van der Waals surface area contributed by atoms with E-state index in [4.69, 9.17) is 16.3 Å². The molecule has 3 rings (SSSR count). The molecule has 0 spiro atoms. The molecule has 3 aromatic rings. The smallest absolute Gasteiger partial charge is 0.269 e. The van der Waals surface area contributed by atoms with E-state index in [1.54, 1.807) is 37.5 Å². The number of halogens is 1. The largest absolute Gasteiger partial charge is 0.494 e. The van der Waals surface area contributed by atoms with Gasteiger partial charge < -0.3 is 4.74 Å². The fourth-order valence-corrected chi connectivity index (χ4v) is 3.32. The van der Waals surface area contributed by atoms with E-state index in [1.807, 2.05) is 0 Å². The molecular formula is C17H13ClN4O4S. The van der Waals surface area contributed by atoms with Crippen LogP contribution in [0.4, 0.5) is 10.8 Å². The summed E-state index contributed by atoms with van der Waals surface area (Å²) in [4.78, 5) is 26.4. The average molecular weight is 405 g/mol. The highest BCUT2D eigenvalue weighted by molar-refractivity contribution is 7.22. The molecule has 0 aliphatic rings. The van der Waals surface area contributed by atoms with Crippen LogP contribution >= 0.6 is 22.9 Å². The SMILES string of the molecule is COc1ccc(Cl)c2sc(NNC(=O)/C=C/c3ccc([N+](=O)[O-])cc3)nc12. The molecule has 0 saturated carbocycles. The summed E-state index contributed by atoms with van der Waals surface area (Å²) < 4.78 is 5.99. The third-order valence-electron chi connectivity index (χ3n) is 3.50. The van der Waals surface area contributed by atoms with Crippen molar-refractivity contribution in [1.82, 2.24) is 10.4 Å². The van der Waals surface area contributed by atoms with Crippen LogP contribution in [0.25, 0.3) is 16.3 Å². The second-order valence-corrected chi connectivity index (χ2v) is 6.65. The zero-order chi connectivity index (χ0) is 19.4. The van der Waals surface area contributed by atoms with Crippen LogP contribution in [-0.4, -0.2) is 22.9 Å². The van der Waals surface area contributed by atoms with Crippen molar-refractivity contribution in [3.05, 3.63) is 63.2 Å². The molecule has 27 heavy (non-hydrogen) atoms. The highest BCUT2D eigenvalue weighted by atomic mass is 35.5. The van der Waals surface area contributed by atoms with Crippen molar-refractivity contribution in [1.29, 1.82) is 0 Å². The van der Waals surface area contributed by atoms with Crippen LogP contribution < -0.4 is 15.6 Å². The van der Waals surface area contributed by atoms with Crippen molar-refractivity contribution in [3.8, 4) is 5.75 Å². The molecule has 10 heteroatoms. The molecule has 0 aliphatic carbocycles. The zero-order valence-electron chi connectivity index (χ0n) is 13.9. The number of carbonyl (C=O) groups excluding carboxylic acids is 1. The molecule has 1 heterocycles. The summed E-state index contributed by atoms with van der Waals surface area (Å²) in [7, 11) is 1.54.